The molecule has 0 spiro atoms. The average Bonchev–Trinajstić information content (AvgIpc) is 3.05. The molecule has 9 heteroatoms. The van der Waals surface area contributed by atoms with Crippen molar-refractivity contribution in [1.29, 1.82) is 0 Å². The van der Waals surface area contributed by atoms with Crippen LogP contribution in [0, 0.1) is 0 Å². The number of nitrogens with two attached hydrogens (primary N) is 1. The number of carbonyl (C=O) groups is 2. The van der Waals surface area contributed by atoms with E-state index in [1.54, 1.807) is 0 Å². The third-order valence-corrected chi connectivity index (χ3v) is 6.45. The van der Waals surface area contributed by atoms with Gasteiger partial charge in [-0.05, 0) is 68.5 Å². The standard InChI is InChI=1S/C18H20N2O5S2/c1-11(17(21)20-13-6-8-14(9-7-13)27(19,23)24)25-18(22)16-10-12-4-2-3-5-15(12)26-16/h6-11H,2-5H2,1H3,(H,20,21)(H2,19,23,24)/t11-/m0/s1. The molecule has 0 bridgehead atoms. The number of aryl methyl sites for hydroxylation is 2. The number of hydrogen-bond acceptors (Lipinski definition) is 6. The lowest BCUT2D eigenvalue weighted by Gasteiger charge is -2.13. The van der Waals surface area contributed by atoms with Gasteiger partial charge in [0.2, 0.25) is 10.0 Å². The molecule has 3 rings (SSSR count). The Morgan fingerprint density at radius 2 is 1.85 bits per heavy atom. The van der Waals surface area contributed by atoms with Crippen LogP contribution in [0.15, 0.2) is 35.2 Å². The number of hydrogen-bond donors (Lipinski definition) is 2. The molecule has 1 aliphatic carbocycles. The molecular formula is C18H20N2O5S2. The van der Waals surface area contributed by atoms with Gasteiger partial charge in [-0.2, -0.15) is 0 Å². The van der Waals surface area contributed by atoms with E-state index in [0.717, 1.165) is 25.7 Å². The van der Waals surface area contributed by atoms with E-state index in [4.69, 9.17) is 9.88 Å². The van der Waals surface area contributed by atoms with Crippen molar-refractivity contribution in [3.8, 4) is 0 Å². The van der Waals surface area contributed by atoms with E-state index in [2.05, 4.69) is 5.32 Å². The number of fused-ring (bicyclic) bond motifs is 1. The highest BCUT2D eigenvalue weighted by Gasteiger charge is 2.23. The van der Waals surface area contributed by atoms with E-state index in [1.165, 1.54) is 53.0 Å². The van der Waals surface area contributed by atoms with Crippen LogP contribution in [0.3, 0.4) is 0 Å². The minimum atomic E-state index is -3.79. The summed E-state index contributed by atoms with van der Waals surface area (Å²) >= 11 is 1.43. The van der Waals surface area contributed by atoms with Crippen molar-refractivity contribution in [3.63, 3.8) is 0 Å². The van der Waals surface area contributed by atoms with Crippen LogP contribution >= 0.6 is 11.3 Å². The first-order valence-corrected chi connectivity index (χ1v) is 10.9. The molecule has 1 aromatic heterocycles. The molecule has 1 aliphatic rings. The third-order valence-electron chi connectivity index (χ3n) is 4.30. The van der Waals surface area contributed by atoms with Crippen molar-refractivity contribution >= 4 is 38.9 Å². The van der Waals surface area contributed by atoms with Crippen molar-refractivity contribution in [2.75, 3.05) is 5.32 Å². The van der Waals surface area contributed by atoms with Crippen molar-refractivity contribution in [1.82, 2.24) is 0 Å². The quantitative estimate of drug-likeness (QED) is 0.738. The zero-order valence-electron chi connectivity index (χ0n) is 14.7. The van der Waals surface area contributed by atoms with Crippen LogP contribution in [-0.2, 0) is 32.4 Å². The Hall–Kier alpha value is -2.23. The number of primary sulfonamides is 1. The largest absolute Gasteiger partial charge is 0.448 e. The summed E-state index contributed by atoms with van der Waals surface area (Å²) in [4.78, 5) is 26.2. The monoisotopic (exact) mass is 408 g/mol. The van der Waals surface area contributed by atoms with Crippen LogP contribution in [0.4, 0.5) is 5.69 Å². The van der Waals surface area contributed by atoms with Gasteiger partial charge in [0, 0.05) is 10.6 Å². The fraction of sp³-hybridized carbons (Fsp3) is 0.333. The molecule has 0 unspecified atom stereocenters. The Labute approximate surface area is 161 Å². The van der Waals surface area contributed by atoms with Crippen LogP contribution in [0.25, 0.3) is 0 Å². The maximum absolute atomic E-state index is 12.3. The summed E-state index contributed by atoms with van der Waals surface area (Å²) in [5.74, 6) is -1.02. The van der Waals surface area contributed by atoms with E-state index in [9.17, 15) is 18.0 Å². The van der Waals surface area contributed by atoms with Crippen molar-refractivity contribution in [3.05, 3.63) is 45.6 Å². The molecule has 0 saturated heterocycles. The summed E-state index contributed by atoms with van der Waals surface area (Å²) in [6.45, 7) is 1.49. The van der Waals surface area contributed by atoms with Gasteiger partial charge in [0.15, 0.2) is 6.10 Å². The van der Waals surface area contributed by atoms with Gasteiger partial charge in [-0.25, -0.2) is 18.4 Å². The summed E-state index contributed by atoms with van der Waals surface area (Å²) in [5.41, 5.74) is 1.58. The maximum atomic E-state index is 12.3. The molecule has 1 aromatic carbocycles. The van der Waals surface area contributed by atoms with Crippen LogP contribution in [0.5, 0.6) is 0 Å². The predicted molar refractivity (Wildman–Crippen MR) is 102 cm³/mol. The molecule has 144 valence electrons. The molecule has 1 atom stereocenters. The number of thiophene rings is 1. The van der Waals surface area contributed by atoms with E-state index in [0.29, 0.717) is 10.6 Å². The number of nitrogens with one attached hydrogen (secondary N) is 1. The molecule has 3 N–H and O–H groups in total. The van der Waals surface area contributed by atoms with Crippen molar-refractivity contribution in [2.24, 2.45) is 5.14 Å². The molecule has 1 amide bonds. The number of rotatable bonds is 5. The molecule has 0 fully saturated rings. The first-order chi connectivity index (χ1) is 12.7. The smallest absolute Gasteiger partial charge is 0.349 e. The van der Waals surface area contributed by atoms with Crippen LogP contribution in [0.2, 0.25) is 0 Å². The molecule has 27 heavy (non-hydrogen) atoms. The highest BCUT2D eigenvalue weighted by molar-refractivity contribution is 7.89. The van der Waals surface area contributed by atoms with Gasteiger partial charge in [0.05, 0.1) is 4.90 Å². The number of carbonyl (C=O) groups excluding carboxylic acids is 2. The molecule has 0 aliphatic heterocycles. The van der Waals surface area contributed by atoms with Gasteiger partial charge in [-0.1, -0.05) is 0 Å². The first kappa shape index (κ1) is 19.5. The van der Waals surface area contributed by atoms with Crippen LogP contribution in [-0.4, -0.2) is 26.4 Å². The highest BCUT2D eigenvalue weighted by atomic mass is 32.2. The minimum Gasteiger partial charge on any atom is -0.448 e. The number of benzene rings is 1. The normalized spacial score (nSPS) is 14.9. The van der Waals surface area contributed by atoms with Gasteiger partial charge in [0.25, 0.3) is 5.91 Å². The van der Waals surface area contributed by atoms with Gasteiger partial charge in [-0.3, -0.25) is 4.79 Å². The topological polar surface area (TPSA) is 116 Å². The third kappa shape index (κ3) is 4.74. The highest BCUT2D eigenvalue weighted by Crippen LogP contribution is 2.30. The Morgan fingerprint density at radius 3 is 2.48 bits per heavy atom. The van der Waals surface area contributed by atoms with Gasteiger partial charge < -0.3 is 10.1 Å². The summed E-state index contributed by atoms with van der Waals surface area (Å²) in [6.07, 6.45) is 3.22. The zero-order valence-corrected chi connectivity index (χ0v) is 16.4. The minimum absolute atomic E-state index is 0.0540. The Morgan fingerprint density at radius 1 is 1.19 bits per heavy atom. The molecular weight excluding hydrogens is 388 g/mol. The Bertz CT molecular complexity index is 941. The lowest BCUT2D eigenvalue weighted by molar-refractivity contribution is -0.123. The number of anilines is 1. The van der Waals surface area contributed by atoms with Gasteiger partial charge in [-0.15, -0.1) is 11.3 Å². The Balaban J connectivity index is 1.60. The van der Waals surface area contributed by atoms with E-state index < -0.39 is 28.0 Å². The molecule has 7 nitrogen and oxygen atoms in total. The second kappa shape index (κ2) is 7.79. The lowest BCUT2D eigenvalue weighted by atomic mass is 9.99. The van der Waals surface area contributed by atoms with Crippen LogP contribution < -0.4 is 10.5 Å². The van der Waals surface area contributed by atoms with Gasteiger partial charge in [0.1, 0.15) is 4.88 Å². The molecule has 1 heterocycles. The van der Waals surface area contributed by atoms with E-state index >= 15 is 0 Å². The summed E-state index contributed by atoms with van der Waals surface area (Å²) < 4.78 is 27.7. The molecule has 0 saturated carbocycles. The fourth-order valence-corrected chi connectivity index (χ4v) is 4.49. The maximum Gasteiger partial charge on any atom is 0.349 e. The fourth-order valence-electron chi connectivity index (χ4n) is 2.84. The second-order valence-corrected chi connectivity index (χ2v) is 9.07. The van der Waals surface area contributed by atoms with Gasteiger partial charge >= 0.3 is 5.97 Å². The van der Waals surface area contributed by atoms with E-state index in [1.807, 2.05) is 6.07 Å². The summed E-state index contributed by atoms with van der Waals surface area (Å²) in [6, 6.07) is 7.27. The average molecular weight is 409 g/mol. The van der Waals surface area contributed by atoms with E-state index in [-0.39, 0.29) is 4.90 Å². The van der Waals surface area contributed by atoms with Crippen molar-refractivity contribution in [2.45, 2.75) is 43.6 Å². The second-order valence-electron chi connectivity index (χ2n) is 6.37. The van der Waals surface area contributed by atoms with Crippen LogP contribution in [0.1, 0.15) is 39.9 Å². The molecule has 2 aromatic rings. The number of ether oxygens (including phenoxy) is 1. The summed E-state index contributed by atoms with van der Waals surface area (Å²) in [5, 5.41) is 7.61. The Kier molecular flexibility index (Phi) is 5.64. The number of sulfonamides is 1. The molecule has 0 radical (unpaired) electrons. The first-order valence-electron chi connectivity index (χ1n) is 8.50. The SMILES string of the molecule is C[C@H](OC(=O)c1cc2c(s1)CCCC2)C(=O)Nc1ccc(S(N)(=O)=O)cc1. The summed E-state index contributed by atoms with van der Waals surface area (Å²) in [7, 11) is -3.79. The number of esters is 1. The van der Waals surface area contributed by atoms with Crippen molar-refractivity contribution < 1.29 is 22.7 Å². The number of amides is 1. The lowest BCUT2D eigenvalue weighted by Crippen LogP contribution is -2.29. The zero-order chi connectivity index (χ0) is 19.6. The predicted octanol–water partition coefficient (Wildman–Crippen LogP) is 2.46.